The molecule has 0 bridgehead atoms. The average Bonchev–Trinajstić information content (AvgIpc) is 3.30. The van der Waals surface area contributed by atoms with Crippen molar-refractivity contribution in [2.75, 3.05) is 19.5 Å². The van der Waals surface area contributed by atoms with Crippen LogP contribution in [0.1, 0.15) is 16.1 Å². The largest absolute Gasteiger partial charge is 0.497 e. The molecule has 4 aromatic rings. The van der Waals surface area contributed by atoms with E-state index in [0.717, 1.165) is 21.9 Å². The minimum atomic E-state index is -0.245. The van der Waals surface area contributed by atoms with Gasteiger partial charge in [0.2, 0.25) is 0 Å². The maximum atomic E-state index is 12.6. The zero-order valence-corrected chi connectivity index (χ0v) is 16.5. The second kappa shape index (κ2) is 7.36. The van der Waals surface area contributed by atoms with Crippen molar-refractivity contribution in [2.45, 2.75) is 6.92 Å². The number of benzene rings is 2. The monoisotopic (exact) mass is 393 g/mol. The van der Waals surface area contributed by atoms with E-state index in [4.69, 9.17) is 9.47 Å². The Hall–Kier alpha value is -3.32. The molecule has 0 saturated carbocycles. The number of carbonyl (C=O) groups is 1. The van der Waals surface area contributed by atoms with Gasteiger partial charge in [-0.2, -0.15) is 0 Å². The van der Waals surface area contributed by atoms with Gasteiger partial charge in [-0.1, -0.05) is 12.1 Å². The number of hydrogen-bond acceptors (Lipinski definition) is 5. The predicted molar refractivity (Wildman–Crippen MR) is 111 cm³/mol. The van der Waals surface area contributed by atoms with Crippen molar-refractivity contribution >= 4 is 27.9 Å². The van der Waals surface area contributed by atoms with Gasteiger partial charge < -0.3 is 14.8 Å². The van der Waals surface area contributed by atoms with Crippen LogP contribution in [0.25, 0.3) is 16.2 Å². The zero-order chi connectivity index (χ0) is 19.7. The molecule has 0 unspecified atom stereocenters. The lowest BCUT2D eigenvalue weighted by Crippen LogP contribution is -2.13. The molecule has 2 heterocycles. The molecule has 0 atom stereocenters. The van der Waals surface area contributed by atoms with Crippen LogP contribution in [0.2, 0.25) is 0 Å². The Labute approximate surface area is 166 Å². The van der Waals surface area contributed by atoms with Crippen LogP contribution in [-0.2, 0) is 0 Å². The van der Waals surface area contributed by atoms with Gasteiger partial charge in [0.1, 0.15) is 11.5 Å². The van der Waals surface area contributed by atoms with E-state index < -0.39 is 0 Å². The van der Waals surface area contributed by atoms with Gasteiger partial charge in [0.15, 0.2) is 4.96 Å². The molecule has 7 heteroatoms. The first-order valence-corrected chi connectivity index (χ1v) is 9.54. The Balaban J connectivity index is 1.53. The maximum absolute atomic E-state index is 12.6. The van der Waals surface area contributed by atoms with Crippen molar-refractivity contribution in [3.8, 4) is 22.8 Å². The topological polar surface area (TPSA) is 64.9 Å². The Morgan fingerprint density at radius 2 is 1.89 bits per heavy atom. The SMILES string of the molecule is COc1ccc(C(=O)Nc2ccc(-c3cn4c(C)csc4n3)cc2)c(OC)c1. The molecule has 0 fully saturated rings. The average molecular weight is 393 g/mol. The minimum Gasteiger partial charge on any atom is -0.497 e. The van der Waals surface area contributed by atoms with Gasteiger partial charge in [-0.25, -0.2) is 4.98 Å². The summed E-state index contributed by atoms with van der Waals surface area (Å²) in [5, 5.41) is 4.98. The van der Waals surface area contributed by atoms with E-state index in [0.29, 0.717) is 22.7 Å². The van der Waals surface area contributed by atoms with Crippen LogP contribution in [0, 0.1) is 6.92 Å². The molecule has 0 aliphatic rings. The van der Waals surface area contributed by atoms with Crippen LogP contribution >= 0.6 is 11.3 Å². The molecule has 4 rings (SSSR count). The highest BCUT2D eigenvalue weighted by atomic mass is 32.1. The molecule has 6 nitrogen and oxygen atoms in total. The summed E-state index contributed by atoms with van der Waals surface area (Å²) in [6, 6.07) is 12.7. The smallest absolute Gasteiger partial charge is 0.259 e. The lowest BCUT2D eigenvalue weighted by molar-refractivity contribution is 0.102. The lowest BCUT2D eigenvalue weighted by Gasteiger charge is -2.11. The van der Waals surface area contributed by atoms with Crippen molar-refractivity contribution in [1.29, 1.82) is 0 Å². The van der Waals surface area contributed by atoms with E-state index in [1.807, 2.05) is 30.5 Å². The predicted octanol–water partition coefficient (Wildman–Crippen LogP) is 4.64. The first-order valence-electron chi connectivity index (χ1n) is 8.66. The third-order valence-corrected chi connectivity index (χ3v) is 5.44. The Kier molecular flexibility index (Phi) is 4.75. The Morgan fingerprint density at radius 3 is 2.57 bits per heavy atom. The van der Waals surface area contributed by atoms with Gasteiger partial charge in [0, 0.05) is 34.6 Å². The van der Waals surface area contributed by atoms with E-state index in [2.05, 4.69) is 27.0 Å². The van der Waals surface area contributed by atoms with E-state index in [1.165, 1.54) is 7.11 Å². The Bertz CT molecular complexity index is 1150. The third kappa shape index (κ3) is 3.32. The number of hydrogen-bond donors (Lipinski definition) is 1. The molecule has 1 amide bonds. The first-order chi connectivity index (χ1) is 13.6. The van der Waals surface area contributed by atoms with Crippen molar-refractivity contribution in [1.82, 2.24) is 9.38 Å². The number of nitrogens with one attached hydrogen (secondary N) is 1. The van der Waals surface area contributed by atoms with Crippen molar-refractivity contribution < 1.29 is 14.3 Å². The highest BCUT2D eigenvalue weighted by Crippen LogP contribution is 2.27. The summed E-state index contributed by atoms with van der Waals surface area (Å²) in [4.78, 5) is 18.2. The van der Waals surface area contributed by atoms with Crippen LogP contribution in [0.4, 0.5) is 5.69 Å². The van der Waals surface area contributed by atoms with Crippen LogP contribution in [0.15, 0.2) is 54.0 Å². The molecule has 2 aromatic heterocycles. The number of aryl methyl sites for hydroxylation is 1. The fraction of sp³-hybridized carbons (Fsp3) is 0.143. The van der Waals surface area contributed by atoms with Crippen molar-refractivity contribution in [3.05, 3.63) is 65.3 Å². The molecule has 2 aromatic carbocycles. The standard InChI is InChI=1S/C21H19N3O3S/c1-13-12-28-21-23-18(11-24(13)21)14-4-6-15(7-5-14)22-20(25)17-9-8-16(26-2)10-19(17)27-3/h4-12H,1-3H3,(H,22,25). The lowest BCUT2D eigenvalue weighted by atomic mass is 10.1. The van der Waals surface area contributed by atoms with Gasteiger partial charge in [-0.05, 0) is 31.2 Å². The van der Waals surface area contributed by atoms with E-state index in [9.17, 15) is 4.79 Å². The maximum Gasteiger partial charge on any atom is 0.259 e. The van der Waals surface area contributed by atoms with Gasteiger partial charge >= 0.3 is 0 Å². The molecule has 0 spiro atoms. The molecular formula is C21H19N3O3S. The van der Waals surface area contributed by atoms with E-state index in [-0.39, 0.29) is 5.91 Å². The second-order valence-electron chi connectivity index (χ2n) is 6.25. The van der Waals surface area contributed by atoms with Gasteiger partial charge in [0.25, 0.3) is 5.91 Å². The number of aromatic nitrogens is 2. The van der Waals surface area contributed by atoms with Crippen molar-refractivity contribution in [3.63, 3.8) is 0 Å². The number of fused-ring (bicyclic) bond motifs is 1. The fourth-order valence-electron chi connectivity index (χ4n) is 2.94. The molecule has 1 N–H and O–H groups in total. The quantitative estimate of drug-likeness (QED) is 0.536. The number of rotatable bonds is 5. The number of ether oxygens (including phenoxy) is 2. The summed E-state index contributed by atoms with van der Waals surface area (Å²) in [7, 11) is 3.10. The van der Waals surface area contributed by atoms with Gasteiger partial charge in [-0.15, -0.1) is 11.3 Å². The van der Waals surface area contributed by atoms with E-state index >= 15 is 0 Å². The number of thiazole rings is 1. The van der Waals surface area contributed by atoms with Crippen LogP contribution in [0.3, 0.4) is 0 Å². The Morgan fingerprint density at radius 1 is 1.11 bits per heavy atom. The fourth-order valence-corrected chi connectivity index (χ4v) is 3.79. The number of imidazole rings is 1. The number of methoxy groups -OCH3 is 2. The summed E-state index contributed by atoms with van der Waals surface area (Å²) >= 11 is 1.62. The van der Waals surface area contributed by atoms with Crippen LogP contribution < -0.4 is 14.8 Å². The summed E-state index contributed by atoms with van der Waals surface area (Å²) in [5.41, 5.74) is 4.21. The van der Waals surface area contributed by atoms with Crippen molar-refractivity contribution in [2.24, 2.45) is 0 Å². The number of amides is 1. The number of nitrogens with zero attached hydrogens (tertiary/aromatic N) is 2. The number of carbonyl (C=O) groups excluding carboxylic acids is 1. The van der Waals surface area contributed by atoms with E-state index in [1.54, 1.807) is 36.6 Å². The normalized spacial score (nSPS) is 10.8. The molecule has 0 saturated heterocycles. The summed E-state index contributed by atoms with van der Waals surface area (Å²) < 4.78 is 12.5. The molecule has 142 valence electrons. The summed E-state index contributed by atoms with van der Waals surface area (Å²) in [6.45, 7) is 2.06. The molecular weight excluding hydrogens is 374 g/mol. The highest BCUT2D eigenvalue weighted by molar-refractivity contribution is 7.15. The summed E-state index contributed by atoms with van der Waals surface area (Å²) in [6.07, 6.45) is 2.02. The van der Waals surface area contributed by atoms with Gasteiger partial charge in [-0.3, -0.25) is 9.20 Å². The second-order valence-corrected chi connectivity index (χ2v) is 7.09. The summed E-state index contributed by atoms with van der Waals surface area (Å²) in [5.74, 6) is 0.847. The molecule has 28 heavy (non-hydrogen) atoms. The molecule has 0 radical (unpaired) electrons. The molecule has 0 aliphatic carbocycles. The van der Waals surface area contributed by atoms with Crippen LogP contribution in [0.5, 0.6) is 11.5 Å². The van der Waals surface area contributed by atoms with Gasteiger partial charge in [0.05, 0.1) is 25.5 Å². The third-order valence-electron chi connectivity index (χ3n) is 4.48. The molecule has 0 aliphatic heterocycles. The number of anilines is 1. The highest BCUT2D eigenvalue weighted by Gasteiger charge is 2.14. The zero-order valence-electron chi connectivity index (χ0n) is 15.7. The minimum absolute atomic E-state index is 0.245. The van der Waals surface area contributed by atoms with Crippen LogP contribution in [-0.4, -0.2) is 29.5 Å². The first kappa shape index (κ1) is 18.1.